The van der Waals surface area contributed by atoms with Crippen molar-refractivity contribution in [3.63, 3.8) is 0 Å². The molecule has 0 saturated heterocycles. The van der Waals surface area contributed by atoms with E-state index in [1.165, 1.54) is 38.6 Å². The topological polar surface area (TPSA) is 9.23 Å². The number of ether oxygens (including phenoxy) is 1. The van der Waals surface area contributed by atoms with Gasteiger partial charge in [0, 0.05) is 7.11 Å². The lowest BCUT2D eigenvalue weighted by Crippen LogP contribution is -1.91. The predicted octanol–water partition coefficient (Wildman–Crippen LogP) is 4.89. The lowest BCUT2D eigenvalue weighted by Gasteiger charge is -2.09. The van der Waals surface area contributed by atoms with E-state index < -0.39 is 0 Å². The Labute approximate surface area is 124 Å². The Hall–Kier alpha value is -2.38. The van der Waals surface area contributed by atoms with Gasteiger partial charge >= 0.3 is 0 Å². The Morgan fingerprint density at radius 2 is 1.71 bits per heavy atom. The van der Waals surface area contributed by atoms with Gasteiger partial charge in [0.15, 0.2) is 0 Å². The first-order chi connectivity index (χ1) is 10.4. The summed E-state index contributed by atoms with van der Waals surface area (Å²) in [5, 5.41) is 2.65. The number of hydrogen-bond donors (Lipinski definition) is 0. The van der Waals surface area contributed by atoms with Crippen molar-refractivity contribution in [2.24, 2.45) is 0 Å². The maximum absolute atomic E-state index is 5.33. The van der Waals surface area contributed by atoms with Crippen LogP contribution in [0.1, 0.15) is 22.3 Å². The molecule has 0 amide bonds. The summed E-state index contributed by atoms with van der Waals surface area (Å²) in [5.41, 5.74) is 6.46. The molecular weight excluding hydrogens is 256 g/mol. The van der Waals surface area contributed by atoms with E-state index in [9.17, 15) is 0 Å². The summed E-state index contributed by atoms with van der Waals surface area (Å²) >= 11 is 0. The van der Waals surface area contributed by atoms with Crippen molar-refractivity contribution in [3.05, 3.63) is 82.9 Å². The zero-order valence-corrected chi connectivity index (χ0v) is 12.0. The number of hydrogen-bond acceptors (Lipinski definition) is 1. The molecule has 0 aromatic heterocycles. The molecule has 1 nitrogen and oxygen atoms in total. The van der Waals surface area contributed by atoms with Gasteiger partial charge in [0.25, 0.3) is 0 Å². The molecule has 1 aliphatic carbocycles. The summed E-state index contributed by atoms with van der Waals surface area (Å²) in [5.74, 6) is 0. The molecule has 0 saturated carbocycles. The van der Waals surface area contributed by atoms with Crippen LogP contribution < -0.4 is 0 Å². The molecule has 0 unspecified atom stereocenters. The smallest absolute Gasteiger partial charge is 0.0719 e. The summed E-state index contributed by atoms with van der Waals surface area (Å²) in [6, 6.07) is 21.5. The summed E-state index contributed by atoms with van der Waals surface area (Å²) < 4.78 is 5.33. The van der Waals surface area contributed by atoms with E-state index in [1.54, 1.807) is 7.11 Å². The van der Waals surface area contributed by atoms with Gasteiger partial charge in [-0.25, -0.2) is 0 Å². The Morgan fingerprint density at radius 1 is 0.857 bits per heavy atom. The van der Waals surface area contributed by atoms with Crippen molar-refractivity contribution >= 4 is 22.4 Å². The minimum atomic E-state index is 0.654. The molecule has 0 heterocycles. The number of rotatable bonds is 3. The zero-order chi connectivity index (χ0) is 14.2. The second-order valence-corrected chi connectivity index (χ2v) is 5.40. The van der Waals surface area contributed by atoms with Crippen LogP contribution in [0.2, 0.25) is 0 Å². The summed E-state index contributed by atoms with van der Waals surface area (Å²) in [7, 11) is 1.75. The third kappa shape index (κ3) is 1.90. The molecule has 21 heavy (non-hydrogen) atoms. The number of benzene rings is 3. The van der Waals surface area contributed by atoms with Crippen LogP contribution in [0.25, 0.3) is 22.4 Å². The van der Waals surface area contributed by atoms with Gasteiger partial charge in [0.05, 0.1) is 6.61 Å². The van der Waals surface area contributed by atoms with E-state index >= 15 is 0 Å². The Balaban J connectivity index is 1.96. The fourth-order valence-electron chi connectivity index (χ4n) is 3.21. The van der Waals surface area contributed by atoms with Crippen LogP contribution in [-0.4, -0.2) is 7.11 Å². The summed E-state index contributed by atoms with van der Waals surface area (Å²) in [6.45, 7) is 0.654. The second-order valence-electron chi connectivity index (χ2n) is 5.40. The predicted molar refractivity (Wildman–Crippen MR) is 88.1 cm³/mol. The molecule has 0 fully saturated rings. The van der Waals surface area contributed by atoms with Crippen LogP contribution in [0.3, 0.4) is 0 Å². The van der Waals surface area contributed by atoms with Crippen molar-refractivity contribution in [1.29, 1.82) is 0 Å². The van der Waals surface area contributed by atoms with E-state index in [0.29, 0.717) is 6.61 Å². The molecule has 0 N–H and O–H groups in total. The monoisotopic (exact) mass is 272 g/mol. The van der Waals surface area contributed by atoms with Gasteiger partial charge in [0.1, 0.15) is 0 Å². The Bertz CT molecular complexity index is 844. The summed E-state index contributed by atoms with van der Waals surface area (Å²) in [4.78, 5) is 0. The van der Waals surface area contributed by atoms with Crippen molar-refractivity contribution in [2.45, 2.75) is 6.61 Å². The van der Waals surface area contributed by atoms with Gasteiger partial charge in [-0.15, -0.1) is 0 Å². The van der Waals surface area contributed by atoms with E-state index in [-0.39, 0.29) is 0 Å². The maximum atomic E-state index is 5.33. The van der Waals surface area contributed by atoms with E-state index in [2.05, 4.69) is 66.7 Å². The molecule has 4 rings (SSSR count). The largest absolute Gasteiger partial charge is 0.380 e. The molecule has 3 aromatic rings. The highest BCUT2D eigenvalue weighted by Crippen LogP contribution is 2.40. The molecule has 0 atom stereocenters. The third-order valence-electron chi connectivity index (χ3n) is 4.14. The highest BCUT2D eigenvalue weighted by Gasteiger charge is 2.18. The van der Waals surface area contributed by atoms with Crippen LogP contribution in [0.4, 0.5) is 0 Å². The second kappa shape index (κ2) is 4.87. The zero-order valence-electron chi connectivity index (χ0n) is 12.0. The van der Waals surface area contributed by atoms with E-state index in [1.807, 2.05) is 0 Å². The highest BCUT2D eigenvalue weighted by molar-refractivity contribution is 6.13. The van der Waals surface area contributed by atoms with Gasteiger partial charge in [-0.1, -0.05) is 60.7 Å². The normalized spacial score (nSPS) is 12.7. The van der Waals surface area contributed by atoms with Crippen LogP contribution in [-0.2, 0) is 11.3 Å². The molecule has 0 spiro atoms. The van der Waals surface area contributed by atoms with Gasteiger partial charge < -0.3 is 4.74 Å². The van der Waals surface area contributed by atoms with Crippen molar-refractivity contribution in [1.82, 2.24) is 0 Å². The van der Waals surface area contributed by atoms with Crippen LogP contribution in [0.5, 0.6) is 0 Å². The minimum absolute atomic E-state index is 0.654. The first kappa shape index (κ1) is 12.4. The van der Waals surface area contributed by atoms with Crippen molar-refractivity contribution < 1.29 is 4.74 Å². The SMILES string of the molecule is COCc1ccc2c3c(cccc13)C(c1ccccc1)=C2. The first-order valence-corrected chi connectivity index (χ1v) is 7.19. The Kier molecular flexibility index (Phi) is 2.87. The van der Waals surface area contributed by atoms with E-state index in [4.69, 9.17) is 4.74 Å². The van der Waals surface area contributed by atoms with Crippen LogP contribution in [0.15, 0.2) is 60.7 Å². The van der Waals surface area contributed by atoms with Crippen molar-refractivity contribution in [2.75, 3.05) is 7.11 Å². The molecule has 0 aliphatic heterocycles. The van der Waals surface area contributed by atoms with Gasteiger partial charge in [-0.2, -0.15) is 0 Å². The lowest BCUT2D eigenvalue weighted by atomic mass is 9.96. The van der Waals surface area contributed by atoms with Crippen molar-refractivity contribution in [3.8, 4) is 0 Å². The fourth-order valence-corrected chi connectivity index (χ4v) is 3.21. The fraction of sp³-hybridized carbons (Fsp3) is 0.100. The summed E-state index contributed by atoms with van der Waals surface area (Å²) in [6.07, 6.45) is 2.30. The average molecular weight is 272 g/mol. The average Bonchev–Trinajstić information content (AvgIpc) is 2.92. The van der Waals surface area contributed by atoms with Gasteiger partial charge in [-0.3, -0.25) is 0 Å². The molecular formula is C20H16O. The van der Waals surface area contributed by atoms with Crippen LogP contribution >= 0.6 is 0 Å². The standard InChI is InChI=1S/C20H16O/c1-21-13-16-11-10-15-12-19(14-6-3-2-4-7-14)18-9-5-8-17(16)20(15)18/h2-12H,13H2,1H3. The highest BCUT2D eigenvalue weighted by atomic mass is 16.5. The van der Waals surface area contributed by atoms with Gasteiger partial charge in [0.2, 0.25) is 0 Å². The van der Waals surface area contributed by atoms with Crippen LogP contribution in [0, 0.1) is 0 Å². The van der Waals surface area contributed by atoms with E-state index in [0.717, 1.165) is 0 Å². The molecule has 0 bridgehead atoms. The minimum Gasteiger partial charge on any atom is -0.380 e. The molecule has 0 radical (unpaired) electrons. The number of methoxy groups -OCH3 is 1. The molecule has 3 aromatic carbocycles. The molecule has 1 aliphatic rings. The first-order valence-electron chi connectivity index (χ1n) is 7.19. The molecule has 1 heteroatoms. The maximum Gasteiger partial charge on any atom is 0.0719 e. The molecule has 102 valence electrons. The lowest BCUT2D eigenvalue weighted by molar-refractivity contribution is 0.186. The third-order valence-corrected chi connectivity index (χ3v) is 4.14. The quantitative estimate of drug-likeness (QED) is 0.516. The Morgan fingerprint density at radius 3 is 2.52 bits per heavy atom. The van der Waals surface area contributed by atoms with Gasteiger partial charge in [-0.05, 0) is 44.7 Å².